The Hall–Kier alpha value is -3.98. The largest absolute Gasteiger partial charge is 0.365 e. The van der Waals surface area contributed by atoms with E-state index in [-0.39, 0.29) is 33.9 Å². The molecule has 1 aromatic heterocycles. The van der Waals surface area contributed by atoms with Crippen molar-refractivity contribution in [2.75, 3.05) is 44.2 Å². The van der Waals surface area contributed by atoms with Gasteiger partial charge < -0.3 is 14.4 Å². The number of carbonyl (C=O) groups is 1. The summed E-state index contributed by atoms with van der Waals surface area (Å²) in [5.41, 5.74) is 3.12. The minimum atomic E-state index is -0.382. The number of carbonyl (C=O) groups excluding carboxylic acids is 1. The van der Waals surface area contributed by atoms with Gasteiger partial charge in [-0.2, -0.15) is 0 Å². The third-order valence-electron chi connectivity index (χ3n) is 8.15. The van der Waals surface area contributed by atoms with Crippen LogP contribution in [-0.2, 0) is 13.1 Å². The second-order valence-corrected chi connectivity index (χ2v) is 10.6. The number of pyridine rings is 1. The van der Waals surface area contributed by atoms with Crippen molar-refractivity contribution in [1.82, 2.24) is 14.4 Å². The molecule has 0 N–H and O–H groups in total. The Morgan fingerprint density at radius 2 is 1.71 bits per heavy atom. The number of nitro benzene ring substituents is 1. The first kappa shape index (κ1) is 24.4. The van der Waals surface area contributed by atoms with E-state index in [1.165, 1.54) is 11.6 Å². The Balaban J connectivity index is 1.17. The van der Waals surface area contributed by atoms with Crippen LogP contribution >= 0.6 is 0 Å². The topological polar surface area (TPSA) is 91.9 Å². The van der Waals surface area contributed by atoms with E-state index in [1.54, 1.807) is 29.2 Å². The highest BCUT2D eigenvalue weighted by Gasteiger charge is 2.36. The number of rotatable bonds is 5. The summed E-state index contributed by atoms with van der Waals surface area (Å²) in [6.45, 7) is 5.45. The second kappa shape index (κ2) is 10.1. The number of piperidine rings is 1. The Morgan fingerprint density at radius 3 is 2.47 bits per heavy atom. The number of hydrogen-bond donors (Lipinski definition) is 0. The summed E-state index contributed by atoms with van der Waals surface area (Å²) in [5, 5.41) is 12.1. The van der Waals surface area contributed by atoms with E-state index in [2.05, 4.69) is 21.9 Å². The van der Waals surface area contributed by atoms with Crippen molar-refractivity contribution in [3.8, 4) is 0 Å². The lowest BCUT2D eigenvalue weighted by Gasteiger charge is -2.43. The Morgan fingerprint density at radius 1 is 0.921 bits per heavy atom. The van der Waals surface area contributed by atoms with Crippen LogP contribution in [0.1, 0.15) is 34.0 Å². The lowest BCUT2D eigenvalue weighted by atomic mass is 9.83. The fourth-order valence-corrected chi connectivity index (χ4v) is 6.30. The van der Waals surface area contributed by atoms with Crippen LogP contribution in [0.2, 0.25) is 0 Å². The van der Waals surface area contributed by atoms with Gasteiger partial charge >= 0.3 is 0 Å². The summed E-state index contributed by atoms with van der Waals surface area (Å²) in [7, 11) is 0. The molecule has 2 aromatic carbocycles. The predicted molar refractivity (Wildman–Crippen MR) is 144 cm³/mol. The minimum absolute atomic E-state index is 0.0143. The Kier molecular flexibility index (Phi) is 6.45. The average molecular weight is 514 g/mol. The molecule has 0 spiro atoms. The summed E-state index contributed by atoms with van der Waals surface area (Å²) in [6, 6.07) is 20.5. The SMILES string of the molecule is O=C(c1ccc(N2CC3CC(C2)c2cccc(=O)n2C3)c([N+](=O)[O-])c1)N1CCN(Cc2ccccc2)CC1. The fraction of sp³-hybridized carbons (Fsp3) is 0.379. The molecule has 2 unspecified atom stereocenters. The van der Waals surface area contributed by atoms with Crippen molar-refractivity contribution in [1.29, 1.82) is 0 Å². The first-order chi connectivity index (χ1) is 18.5. The van der Waals surface area contributed by atoms with Gasteiger partial charge in [0.2, 0.25) is 0 Å². The van der Waals surface area contributed by atoms with Crippen LogP contribution in [0.3, 0.4) is 0 Å². The van der Waals surface area contributed by atoms with E-state index in [9.17, 15) is 19.7 Å². The van der Waals surface area contributed by atoms with Crippen molar-refractivity contribution in [3.63, 3.8) is 0 Å². The first-order valence-electron chi connectivity index (χ1n) is 13.2. The van der Waals surface area contributed by atoms with E-state index < -0.39 is 0 Å². The van der Waals surface area contributed by atoms with Crippen LogP contribution in [-0.4, -0.2) is 64.5 Å². The molecule has 9 heteroatoms. The highest BCUT2D eigenvalue weighted by atomic mass is 16.6. The minimum Gasteiger partial charge on any atom is -0.365 e. The standard InChI is InChI=1S/C29H31N5O4/c35-28-8-4-7-25-24-15-22(19-33(25)28)18-32(20-24)26-10-9-23(16-27(26)34(37)38)29(36)31-13-11-30(12-14-31)17-21-5-2-1-3-6-21/h1-10,16,22,24H,11-15,17-20H2. The summed E-state index contributed by atoms with van der Waals surface area (Å²) >= 11 is 0. The smallest absolute Gasteiger partial charge is 0.293 e. The molecule has 196 valence electrons. The number of hydrogen-bond acceptors (Lipinski definition) is 6. The van der Waals surface area contributed by atoms with Crippen molar-refractivity contribution in [3.05, 3.63) is 104 Å². The van der Waals surface area contributed by atoms with Crippen LogP contribution < -0.4 is 10.5 Å². The van der Waals surface area contributed by atoms with Gasteiger partial charge in [-0.15, -0.1) is 0 Å². The lowest BCUT2D eigenvalue weighted by molar-refractivity contribution is -0.384. The van der Waals surface area contributed by atoms with Crippen LogP contribution in [0.25, 0.3) is 0 Å². The average Bonchev–Trinajstić information content (AvgIpc) is 2.94. The molecule has 6 rings (SSSR count). The number of piperazine rings is 1. The van der Waals surface area contributed by atoms with Crippen LogP contribution in [0, 0.1) is 16.0 Å². The maximum absolute atomic E-state index is 13.3. The van der Waals surface area contributed by atoms with Gasteiger partial charge in [0.05, 0.1) is 4.92 Å². The molecule has 2 bridgehead atoms. The summed E-state index contributed by atoms with van der Waals surface area (Å²) in [6.07, 6.45) is 0.973. The zero-order valence-corrected chi connectivity index (χ0v) is 21.2. The molecule has 1 amide bonds. The van der Waals surface area contributed by atoms with E-state index in [0.29, 0.717) is 44.0 Å². The number of amides is 1. The van der Waals surface area contributed by atoms with E-state index >= 15 is 0 Å². The molecular formula is C29H31N5O4. The Bertz CT molecular complexity index is 1410. The van der Waals surface area contributed by atoms with Gasteiger partial charge in [0, 0.05) is 81.7 Å². The molecule has 3 aromatic rings. The summed E-state index contributed by atoms with van der Waals surface area (Å²) in [5.74, 6) is 0.224. The molecule has 3 aliphatic heterocycles. The third-order valence-corrected chi connectivity index (χ3v) is 8.15. The maximum atomic E-state index is 13.3. The normalized spacial score (nSPS) is 21.2. The molecule has 2 saturated heterocycles. The summed E-state index contributed by atoms with van der Waals surface area (Å²) in [4.78, 5) is 43.6. The summed E-state index contributed by atoms with van der Waals surface area (Å²) < 4.78 is 1.85. The van der Waals surface area contributed by atoms with Gasteiger partial charge in [0.25, 0.3) is 17.2 Å². The zero-order valence-electron chi connectivity index (χ0n) is 21.2. The van der Waals surface area contributed by atoms with Gasteiger partial charge in [-0.25, -0.2) is 0 Å². The van der Waals surface area contributed by atoms with Gasteiger partial charge in [-0.1, -0.05) is 36.4 Å². The number of benzene rings is 2. The highest BCUT2D eigenvalue weighted by Crippen LogP contribution is 2.40. The second-order valence-electron chi connectivity index (χ2n) is 10.6. The third kappa shape index (κ3) is 4.69. The number of nitrogens with zero attached hydrogens (tertiary/aromatic N) is 5. The number of fused-ring (bicyclic) bond motifs is 4. The van der Waals surface area contributed by atoms with Gasteiger partial charge in [0.15, 0.2) is 0 Å². The number of anilines is 1. The zero-order chi connectivity index (χ0) is 26.2. The quantitative estimate of drug-likeness (QED) is 0.384. The molecular weight excluding hydrogens is 482 g/mol. The number of aromatic nitrogens is 1. The molecule has 38 heavy (non-hydrogen) atoms. The van der Waals surface area contributed by atoms with Crippen LogP contribution in [0.5, 0.6) is 0 Å². The van der Waals surface area contributed by atoms with E-state index in [1.807, 2.05) is 28.8 Å². The van der Waals surface area contributed by atoms with Gasteiger partial charge in [0.1, 0.15) is 5.69 Å². The van der Waals surface area contributed by atoms with Crippen LogP contribution in [0.4, 0.5) is 11.4 Å². The van der Waals surface area contributed by atoms with E-state index in [4.69, 9.17) is 0 Å². The monoisotopic (exact) mass is 513 g/mol. The molecule has 0 radical (unpaired) electrons. The fourth-order valence-electron chi connectivity index (χ4n) is 6.30. The van der Waals surface area contributed by atoms with Crippen molar-refractivity contribution >= 4 is 17.3 Å². The van der Waals surface area contributed by atoms with Gasteiger partial charge in [-0.05, 0) is 36.1 Å². The van der Waals surface area contributed by atoms with Gasteiger partial charge in [-0.3, -0.25) is 24.6 Å². The lowest BCUT2D eigenvalue weighted by Crippen LogP contribution is -2.48. The molecule has 0 saturated carbocycles. The predicted octanol–water partition coefficient (Wildman–Crippen LogP) is 3.34. The van der Waals surface area contributed by atoms with Crippen LogP contribution in [0.15, 0.2) is 71.5 Å². The van der Waals surface area contributed by atoms with Crippen molar-refractivity contribution in [2.24, 2.45) is 5.92 Å². The molecule has 2 fully saturated rings. The van der Waals surface area contributed by atoms with E-state index in [0.717, 1.165) is 31.7 Å². The Labute approximate surface area is 221 Å². The molecule has 3 aliphatic rings. The molecule has 9 nitrogen and oxygen atoms in total. The van der Waals surface area contributed by atoms with Crippen molar-refractivity contribution < 1.29 is 9.72 Å². The molecule has 2 atom stereocenters. The maximum Gasteiger partial charge on any atom is 0.293 e. The first-order valence-corrected chi connectivity index (χ1v) is 13.2. The number of nitro groups is 1. The molecule has 0 aliphatic carbocycles. The highest BCUT2D eigenvalue weighted by molar-refractivity contribution is 5.96. The van der Waals surface area contributed by atoms with Crippen molar-refractivity contribution in [2.45, 2.75) is 25.4 Å². The molecule has 4 heterocycles.